The molecule has 13 heavy (non-hydrogen) atoms. The Morgan fingerprint density at radius 1 is 1.62 bits per heavy atom. The van der Waals surface area contributed by atoms with Crippen LogP contribution in [-0.4, -0.2) is 6.54 Å². The second-order valence-electron chi connectivity index (χ2n) is 2.23. The van der Waals surface area contributed by atoms with Gasteiger partial charge in [-0.15, -0.1) is 0 Å². The monoisotopic (exact) mass is 290 g/mol. The minimum absolute atomic E-state index is 0.160. The van der Waals surface area contributed by atoms with Crippen LogP contribution in [0.15, 0.2) is 21.3 Å². The lowest BCUT2D eigenvalue weighted by Gasteiger charge is -1.96. The van der Waals surface area contributed by atoms with Gasteiger partial charge in [0.15, 0.2) is 0 Å². The molecule has 0 bridgehead atoms. The fourth-order valence-corrected chi connectivity index (χ4v) is 2.50. The summed E-state index contributed by atoms with van der Waals surface area (Å²) in [6.45, 7) is 2.67. The Bertz CT molecular complexity index is 368. The predicted octanol–water partition coefficient (Wildman–Crippen LogP) is 3.04. The molecule has 0 saturated heterocycles. The summed E-state index contributed by atoms with van der Waals surface area (Å²) < 4.78 is 18.0. The highest BCUT2D eigenvalue weighted by Crippen LogP contribution is 2.20. The molecule has 0 spiro atoms. The summed E-state index contributed by atoms with van der Waals surface area (Å²) in [4.78, 5) is 0. The van der Waals surface area contributed by atoms with Gasteiger partial charge in [0.1, 0.15) is 17.4 Å². The van der Waals surface area contributed by atoms with Gasteiger partial charge in [-0.25, -0.2) is 4.39 Å². The van der Waals surface area contributed by atoms with Crippen molar-refractivity contribution in [1.29, 1.82) is 5.26 Å². The number of halogens is 2. The summed E-state index contributed by atoms with van der Waals surface area (Å²) in [5.74, 6) is -0.439. The first kappa shape index (κ1) is 10.3. The Morgan fingerprint density at radius 2 is 2.38 bits per heavy atom. The summed E-state index contributed by atoms with van der Waals surface area (Å²) in [5, 5.41) is 8.68. The molecule has 0 aliphatic carbocycles. The van der Waals surface area contributed by atoms with Crippen LogP contribution in [0.4, 0.5) is 4.39 Å². The highest BCUT2D eigenvalue weighted by atomic mass is 127. The quantitative estimate of drug-likeness (QED) is 0.771. The van der Waals surface area contributed by atoms with Crippen LogP contribution < -0.4 is 0 Å². The minimum atomic E-state index is -0.556. The fraction of sp³-hybridized carbons (Fsp3) is 0.222. The van der Waals surface area contributed by atoms with Crippen LogP contribution in [0.25, 0.3) is 0 Å². The molecule has 0 radical (unpaired) electrons. The Labute approximate surface area is 86.5 Å². The minimum Gasteiger partial charge on any atom is -0.258 e. The maximum Gasteiger partial charge on any atom is 0.142 e. The SMILES string of the molecule is CCN=Ic1cccc(F)c1C#N. The first-order valence-electron chi connectivity index (χ1n) is 3.79. The van der Waals surface area contributed by atoms with E-state index in [1.165, 1.54) is 6.07 Å². The Kier molecular flexibility index (Phi) is 3.96. The number of hydrogen-bond acceptors (Lipinski definition) is 2. The van der Waals surface area contributed by atoms with Crippen LogP contribution in [0.5, 0.6) is 0 Å². The average Bonchev–Trinajstić information content (AvgIpc) is 2.15. The van der Waals surface area contributed by atoms with Crippen molar-refractivity contribution in [2.45, 2.75) is 6.92 Å². The van der Waals surface area contributed by atoms with Gasteiger partial charge in [0.05, 0.1) is 0 Å². The summed E-state index contributed by atoms with van der Waals surface area (Å²) in [5.41, 5.74) is 0.160. The molecule has 4 heteroatoms. The average molecular weight is 290 g/mol. The van der Waals surface area contributed by atoms with E-state index >= 15 is 0 Å². The van der Waals surface area contributed by atoms with Gasteiger partial charge in [0, 0.05) is 31.1 Å². The summed E-state index contributed by atoms with van der Waals surface area (Å²) >= 11 is -0.556. The van der Waals surface area contributed by atoms with Crippen molar-refractivity contribution in [1.82, 2.24) is 0 Å². The number of nitriles is 1. The van der Waals surface area contributed by atoms with E-state index < -0.39 is 26.9 Å². The molecule has 68 valence electrons. The highest BCUT2D eigenvalue weighted by molar-refractivity contribution is 14.2. The largest absolute Gasteiger partial charge is 0.258 e. The summed E-state index contributed by atoms with van der Waals surface area (Å²) in [7, 11) is 0. The lowest BCUT2D eigenvalue weighted by Crippen LogP contribution is -1.86. The van der Waals surface area contributed by atoms with Crippen molar-refractivity contribution < 1.29 is 4.39 Å². The van der Waals surface area contributed by atoms with E-state index in [0.29, 0.717) is 0 Å². The Balaban J connectivity index is 3.15. The molecule has 0 N–H and O–H groups in total. The zero-order valence-electron chi connectivity index (χ0n) is 7.09. The van der Waals surface area contributed by atoms with Crippen molar-refractivity contribution in [3.05, 3.63) is 33.1 Å². The zero-order valence-corrected chi connectivity index (χ0v) is 9.25. The second-order valence-corrected chi connectivity index (χ2v) is 4.56. The maximum atomic E-state index is 13.0. The van der Waals surface area contributed by atoms with Crippen LogP contribution in [-0.2, 0) is 0 Å². The van der Waals surface area contributed by atoms with Crippen LogP contribution in [0.3, 0.4) is 0 Å². The number of benzene rings is 1. The van der Waals surface area contributed by atoms with Crippen LogP contribution in [0.2, 0.25) is 0 Å². The molecule has 0 aromatic heterocycles. The van der Waals surface area contributed by atoms with E-state index in [1.807, 2.05) is 13.0 Å². The molecular weight excluding hydrogens is 282 g/mol. The van der Waals surface area contributed by atoms with Crippen LogP contribution in [0, 0.1) is 20.7 Å². The van der Waals surface area contributed by atoms with Gasteiger partial charge in [0.25, 0.3) is 0 Å². The molecule has 0 atom stereocenters. The van der Waals surface area contributed by atoms with E-state index in [0.717, 1.165) is 10.1 Å². The van der Waals surface area contributed by atoms with Crippen molar-refractivity contribution >= 4 is 21.0 Å². The van der Waals surface area contributed by atoms with E-state index in [-0.39, 0.29) is 5.56 Å². The lowest BCUT2D eigenvalue weighted by atomic mass is 10.2. The van der Waals surface area contributed by atoms with Gasteiger partial charge in [0.2, 0.25) is 0 Å². The number of rotatable bonds is 2. The van der Waals surface area contributed by atoms with Crippen molar-refractivity contribution in [3.8, 4) is 6.07 Å². The molecular formula is C9H8FIN2. The predicted molar refractivity (Wildman–Crippen MR) is 56.8 cm³/mol. The van der Waals surface area contributed by atoms with Crippen molar-refractivity contribution in [2.75, 3.05) is 6.54 Å². The molecule has 0 amide bonds. The van der Waals surface area contributed by atoms with E-state index in [1.54, 1.807) is 12.1 Å². The van der Waals surface area contributed by atoms with E-state index in [9.17, 15) is 4.39 Å². The molecule has 0 aliphatic rings. The second kappa shape index (κ2) is 5.02. The smallest absolute Gasteiger partial charge is 0.142 e. The van der Waals surface area contributed by atoms with Crippen molar-refractivity contribution in [2.24, 2.45) is 3.15 Å². The summed E-state index contributed by atoms with van der Waals surface area (Å²) in [6.07, 6.45) is 0. The van der Waals surface area contributed by atoms with Crippen LogP contribution in [0.1, 0.15) is 12.5 Å². The third-order valence-corrected chi connectivity index (χ3v) is 3.79. The molecule has 1 aromatic carbocycles. The molecule has 0 fully saturated rings. The molecule has 1 rings (SSSR count). The Morgan fingerprint density at radius 3 is 3.00 bits per heavy atom. The first-order chi connectivity index (χ1) is 6.29. The van der Waals surface area contributed by atoms with Crippen molar-refractivity contribution in [3.63, 3.8) is 0 Å². The van der Waals surface area contributed by atoms with Crippen LogP contribution >= 0.6 is 21.0 Å². The van der Waals surface area contributed by atoms with Gasteiger partial charge in [-0.2, -0.15) is 5.26 Å². The first-order valence-corrected chi connectivity index (χ1v) is 5.83. The van der Waals surface area contributed by atoms with E-state index in [2.05, 4.69) is 3.15 Å². The molecule has 0 saturated carbocycles. The molecule has 1 aromatic rings. The van der Waals surface area contributed by atoms with Gasteiger partial charge in [-0.3, -0.25) is 3.15 Å². The molecule has 2 nitrogen and oxygen atoms in total. The standard InChI is InChI=1S/C9H8FIN2/c1-2-13-11-9-5-3-4-8(10)7(9)6-12/h3-5H,2H2,1H3. The lowest BCUT2D eigenvalue weighted by molar-refractivity contribution is 0.623. The third-order valence-electron chi connectivity index (χ3n) is 1.34. The molecule has 0 aliphatic heterocycles. The van der Waals surface area contributed by atoms with Gasteiger partial charge in [-0.1, -0.05) is 6.07 Å². The topological polar surface area (TPSA) is 36.1 Å². The highest BCUT2D eigenvalue weighted by Gasteiger charge is 2.05. The normalized spacial score (nSPS) is 10.8. The number of hydrogen-bond donors (Lipinski definition) is 0. The molecule has 0 unspecified atom stereocenters. The molecule has 0 heterocycles. The fourth-order valence-electron chi connectivity index (χ4n) is 0.799. The number of nitrogens with zero attached hydrogens (tertiary/aromatic N) is 2. The van der Waals surface area contributed by atoms with Gasteiger partial charge >= 0.3 is 0 Å². The maximum absolute atomic E-state index is 13.0. The Hall–Kier alpha value is -0.830. The van der Waals surface area contributed by atoms with E-state index in [4.69, 9.17) is 5.26 Å². The van der Waals surface area contributed by atoms with Gasteiger partial charge in [-0.05, 0) is 19.1 Å². The third kappa shape index (κ3) is 2.56. The summed E-state index contributed by atoms with van der Waals surface area (Å²) in [6, 6.07) is 6.56. The van der Waals surface area contributed by atoms with Gasteiger partial charge < -0.3 is 0 Å². The zero-order chi connectivity index (χ0) is 9.68.